The molecule has 1 atom stereocenters. The van der Waals surface area contributed by atoms with Crippen molar-refractivity contribution in [1.82, 2.24) is 15.5 Å². The van der Waals surface area contributed by atoms with Crippen LogP contribution < -0.4 is 5.32 Å². The summed E-state index contributed by atoms with van der Waals surface area (Å²) < 4.78 is 57.5. The lowest BCUT2D eigenvalue weighted by molar-refractivity contribution is -0.137. The Kier molecular flexibility index (Phi) is 5.72. The molecule has 3 aromatic carbocycles. The van der Waals surface area contributed by atoms with E-state index in [1.165, 1.54) is 24.3 Å². The van der Waals surface area contributed by atoms with Crippen LogP contribution in [0, 0.1) is 5.82 Å². The van der Waals surface area contributed by atoms with Gasteiger partial charge in [0.25, 0.3) is 5.91 Å². The Morgan fingerprint density at radius 2 is 1.53 bits per heavy atom. The van der Waals surface area contributed by atoms with Crippen LogP contribution in [0.5, 0.6) is 0 Å². The van der Waals surface area contributed by atoms with Crippen molar-refractivity contribution in [3.05, 3.63) is 107 Å². The van der Waals surface area contributed by atoms with Crippen LogP contribution in [0.15, 0.2) is 83.3 Å². The van der Waals surface area contributed by atoms with Crippen molar-refractivity contribution in [2.45, 2.75) is 12.2 Å². The first-order valence-corrected chi connectivity index (χ1v) is 9.43. The summed E-state index contributed by atoms with van der Waals surface area (Å²) in [6, 6.07) is 17.1. The molecule has 0 fully saturated rings. The average molecular weight is 441 g/mol. The Morgan fingerprint density at radius 1 is 0.875 bits per heavy atom. The highest BCUT2D eigenvalue weighted by molar-refractivity contribution is 5.94. The van der Waals surface area contributed by atoms with Crippen LogP contribution in [-0.4, -0.2) is 16.1 Å². The highest BCUT2D eigenvalue weighted by Crippen LogP contribution is 2.30. The van der Waals surface area contributed by atoms with Gasteiger partial charge in [0.15, 0.2) is 0 Å². The van der Waals surface area contributed by atoms with E-state index in [1.807, 2.05) is 6.07 Å². The zero-order chi connectivity index (χ0) is 22.7. The summed E-state index contributed by atoms with van der Waals surface area (Å²) in [6.07, 6.45) is -4.51. The number of hydrogen-bond donors (Lipinski definition) is 1. The van der Waals surface area contributed by atoms with E-state index in [0.29, 0.717) is 11.1 Å². The predicted octanol–water partition coefficient (Wildman–Crippen LogP) is 5.41. The number of nitrogens with zero attached hydrogens (tertiary/aromatic N) is 2. The molecule has 0 spiro atoms. The largest absolute Gasteiger partial charge is 0.418 e. The fourth-order valence-corrected chi connectivity index (χ4v) is 3.02. The van der Waals surface area contributed by atoms with Crippen LogP contribution in [0.3, 0.4) is 0 Å². The van der Waals surface area contributed by atoms with Crippen molar-refractivity contribution in [3.8, 4) is 11.5 Å². The third kappa shape index (κ3) is 4.66. The van der Waals surface area contributed by atoms with Crippen molar-refractivity contribution >= 4 is 5.91 Å². The second-order valence-corrected chi connectivity index (χ2v) is 6.84. The van der Waals surface area contributed by atoms with E-state index in [4.69, 9.17) is 4.42 Å². The molecule has 0 unspecified atom stereocenters. The van der Waals surface area contributed by atoms with Gasteiger partial charge in [-0.1, -0.05) is 30.3 Å². The molecule has 0 radical (unpaired) electrons. The average Bonchev–Trinajstić information content (AvgIpc) is 3.28. The summed E-state index contributed by atoms with van der Waals surface area (Å²) in [5.74, 6) is -0.878. The normalized spacial score (nSPS) is 12.4. The van der Waals surface area contributed by atoms with Crippen molar-refractivity contribution in [2.24, 2.45) is 0 Å². The molecule has 0 aliphatic carbocycles. The first-order chi connectivity index (χ1) is 15.3. The van der Waals surface area contributed by atoms with Crippen LogP contribution in [0.1, 0.15) is 33.4 Å². The summed E-state index contributed by atoms with van der Waals surface area (Å²) in [7, 11) is 0. The van der Waals surface area contributed by atoms with Crippen molar-refractivity contribution < 1.29 is 26.8 Å². The van der Waals surface area contributed by atoms with E-state index < -0.39 is 29.5 Å². The second-order valence-electron chi connectivity index (χ2n) is 6.84. The number of amides is 1. The zero-order valence-corrected chi connectivity index (χ0v) is 16.3. The van der Waals surface area contributed by atoms with E-state index in [2.05, 4.69) is 15.5 Å². The molecule has 1 amide bonds. The number of rotatable bonds is 5. The Labute approximate surface area is 179 Å². The van der Waals surface area contributed by atoms with Gasteiger partial charge in [0.1, 0.15) is 11.9 Å². The maximum atomic E-state index is 13.4. The molecular formula is C23H15F4N3O2. The minimum Gasteiger partial charge on any atom is -0.418 e. The van der Waals surface area contributed by atoms with Crippen molar-refractivity contribution in [3.63, 3.8) is 0 Å². The van der Waals surface area contributed by atoms with Crippen molar-refractivity contribution in [2.75, 3.05) is 0 Å². The Morgan fingerprint density at radius 3 is 2.16 bits per heavy atom. The van der Waals surface area contributed by atoms with Gasteiger partial charge in [0.2, 0.25) is 11.8 Å². The number of nitrogens with one attached hydrogen (secondary N) is 1. The molecule has 162 valence electrons. The highest BCUT2D eigenvalue weighted by atomic mass is 19.4. The van der Waals surface area contributed by atoms with Crippen LogP contribution in [-0.2, 0) is 6.18 Å². The molecular weight excluding hydrogens is 426 g/mol. The molecule has 9 heteroatoms. The molecule has 0 saturated heterocycles. The smallest absolute Gasteiger partial charge is 0.416 e. The molecule has 1 N–H and O–H groups in total. The number of halogens is 4. The highest BCUT2D eigenvalue weighted by Gasteiger charge is 2.30. The van der Waals surface area contributed by atoms with Gasteiger partial charge in [-0.2, -0.15) is 13.2 Å². The standard InChI is InChI=1S/C23H15F4N3O2/c24-18-12-8-14(9-13-18)19(22-30-29-21(32-22)16-4-2-1-3-5-16)28-20(31)15-6-10-17(11-7-15)23(25,26)27/h1-13,19H,(H,28,31)/t19-/m0/s1. The van der Waals surface area contributed by atoms with Gasteiger partial charge < -0.3 is 9.73 Å². The fraction of sp³-hybridized carbons (Fsp3) is 0.0870. The lowest BCUT2D eigenvalue weighted by Crippen LogP contribution is -2.29. The summed E-state index contributed by atoms with van der Waals surface area (Å²) in [4.78, 5) is 12.8. The van der Waals surface area contributed by atoms with Gasteiger partial charge in [-0.05, 0) is 54.1 Å². The van der Waals surface area contributed by atoms with Gasteiger partial charge in [-0.15, -0.1) is 10.2 Å². The van der Waals surface area contributed by atoms with Gasteiger partial charge in [-0.25, -0.2) is 4.39 Å². The maximum Gasteiger partial charge on any atom is 0.416 e. The number of hydrogen-bond acceptors (Lipinski definition) is 4. The van der Waals surface area contributed by atoms with Crippen LogP contribution in [0.2, 0.25) is 0 Å². The number of aromatic nitrogens is 2. The van der Waals surface area contributed by atoms with Crippen LogP contribution in [0.4, 0.5) is 17.6 Å². The molecule has 1 aromatic heterocycles. The SMILES string of the molecule is O=C(N[C@@H](c1ccc(F)cc1)c1nnc(-c2ccccc2)o1)c1ccc(C(F)(F)F)cc1. The summed E-state index contributed by atoms with van der Waals surface area (Å²) in [5.41, 5.74) is 0.259. The number of alkyl halides is 3. The molecule has 32 heavy (non-hydrogen) atoms. The lowest BCUT2D eigenvalue weighted by atomic mass is 10.1. The first-order valence-electron chi connectivity index (χ1n) is 9.43. The molecule has 0 aliphatic rings. The van der Waals surface area contributed by atoms with Gasteiger partial charge >= 0.3 is 6.18 Å². The monoisotopic (exact) mass is 441 g/mol. The topological polar surface area (TPSA) is 68.0 Å². The van der Waals surface area contributed by atoms with E-state index in [-0.39, 0.29) is 17.3 Å². The molecule has 5 nitrogen and oxygen atoms in total. The van der Waals surface area contributed by atoms with Gasteiger partial charge in [0.05, 0.1) is 5.56 Å². The van der Waals surface area contributed by atoms with Gasteiger partial charge in [-0.3, -0.25) is 4.79 Å². The third-order valence-corrected chi connectivity index (χ3v) is 4.66. The molecule has 0 bridgehead atoms. The Hall–Kier alpha value is -4.01. The Balaban J connectivity index is 1.64. The summed E-state index contributed by atoms with van der Waals surface area (Å²) in [6.45, 7) is 0. The fourth-order valence-electron chi connectivity index (χ4n) is 3.02. The molecule has 0 saturated carbocycles. The number of carbonyl (C=O) groups excluding carboxylic acids is 1. The van der Waals surface area contributed by atoms with E-state index in [0.717, 1.165) is 24.3 Å². The minimum atomic E-state index is -4.51. The molecule has 4 aromatic rings. The lowest BCUT2D eigenvalue weighted by Gasteiger charge is -2.16. The molecule has 1 heterocycles. The van der Waals surface area contributed by atoms with E-state index in [1.54, 1.807) is 24.3 Å². The molecule has 0 aliphatic heterocycles. The van der Waals surface area contributed by atoms with E-state index in [9.17, 15) is 22.4 Å². The summed E-state index contributed by atoms with van der Waals surface area (Å²) >= 11 is 0. The second kappa shape index (κ2) is 8.62. The number of carbonyl (C=O) groups is 1. The van der Waals surface area contributed by atoms with Gasteiger partial charge in [0, 0.05) is 11.1 Å². The minimum absolute atomic E-state index is 0.00732. The molecule has 4 rings (SSSR count). The third-order valence-electron chi connectivity index (χ3n) is 4.66. The summed E-state index contributed by atoms with van der Waals surface area (Å²) in [5, 5.41) is 10.7. The maximum absolute atomic E-state index is 13.4. The Bertz CT molecular complexity index is 1200. The first kappa shape index (κ1) is 21.2. The van der Waals surface area contributed by atoms with Crippen LogP contribution in [0.25, 0.3) is 11.5 Å². The number of benzene rings is 3. The van der Waals surface area contributed by atoms with E-state index >= 15 is 0 Å². The van der Waals surface area contributed by atoms with Crippen molar-refractivity contribution in [1.29, 1.82) is 0 Å². The predicted molar refractivity (Wildman–Crippen MR) is 107 cm³/mol. The quantitative estimate of drug-likeness (QED) is 0.421. The van der Waals surface area contributed by atoms with Crippen LogP contribution >= 0.6 is 0 Å². The zero-order valence-electron chi connectivity index (χ0n) is 16.3.